The van der Waals surface area contributed by atoms with Crippen LogP contribution < -0.4 is 14.9 Å². The minimum Gasteiger partial charge on any atom is -0.493 e. The molecular weight excluding hydrogens is 410 g/mol. The molecule has 0 aliphatic carbocycles. The minimum absolute atomic E-state index is 0.0357. The maximum Gasteiger partial charge on any atom is 0.343 e. The van der Waals surface area contributed by atoms with Gasteiger partial charge >= 0.3 is 5.97 Å². The monoisotopic (exact) mass is 443 g/mol. The van der Waals surface area contributed by atoms with Crippen LogP contribution in [0.15, 0.2) is 29.2 Å². The molecule has 2 aromatic rings. The molecule has 1 unspecified atom stereocenters. The molecule has 0 N–H and O–H groups in total. The number of rotatable bonds is 8. The van der Waals surface area contributed by atoms with Crippen molar-refractivity contribution in [2.75, 3.05) is 34.0 Å². The molecule has 1 aromatic heterocycles. The molecule has 174 valence electrons. The van der Waals surface area contributed by atoms with Gasteiger partial charge < -0.3 is 23.5 Å². The Morgan fingerprint density at radius 1 is 1.12 bits per heavy atom. The number of esters is 1. The van der Waals surface area contributed by atoms with Gasteiger partial charge in [-0.3, -0.25) is 4.79 Å². The summed E-state index contributed by atoms with van der Waals surface area (Å²) >= 11 is 0. The van der Waals surface area contributed by atoms with Crippen LogP contribution >= 0.6 is 0 Å². The van der Waals surface area contributed by atoms with E-state index in [-0.39, 0.29) is 29.1 Å². The molecule has 0 spiro atoms. The smallest absolute Gasteiger partial charge is 0.343 e. The summed E-state index contributed by atoms with van der Waals surface area (Å²) < 4.78 is 23.8. The van der Waals surface area contributed by atoms with Gasteiger partial charge in [0, 0.05) is 44.0 Å². The topological polar surface area (TPSA) is 76.0 Å². The Morgan fingerprint density at radius 3 is 2.50 bits per heavy atom. The van der Waals surface area contributed by atoms with Crippen molar-refractivity contribution in [3.05, 3.63) is 45.7 Å². The third kappa shape index (κ3) is 4.83. The van der Waals surface area contributed by atoms with Crippen LogP contribution in [-0.2, 0) is 15.9 Å². The summed E-state index contributed by atoms with van der Waals surface area (Å²) in [6.45, 7) is 9.54. The van der Waals surface area contributed by atoms with Crippen LogP contribution in [0.4, 0.5) is 0 Å². The molecule has 0 saturated carbocycles. The van der Waals surface area contributed by atoms with E-state index in [4.69, 9.17) is 18.9 Å². The van der Waals surface area contributed by atoms with Gasteiger partial charge in [-0.25, -0.2) is 4.79 Å². The lowest BCUT2D eigenvalue weighted by Crippen LogP contribution is -2.33. The number of nitrogens with zero attached hydrogens (tertiary/aromatic N) is 1. The standard InChI is InChI=1S/C25H33NO6/c1-7-31-24(28)18-15-26-19(14-20(18)27)17-13-21(30-6)22(32-10-8-9-29-5)11-16(17)12-23(26)25(2,3)4/h11,13-15,23H,7-10,12H2,1-6H3. The summed E-state index contributed by atoms with van der Waals surface area (Å²) in [5, 5.41) is 0. The van der Waals surface area contributed by atoms with Crippen LogP contribution in [0.1, 0.15) is 56.1 Å². The molecule has 3 rings (SSSR count). The van der Waals surface area contributed by atoms with Crippen LogP contribution in [0.3, 0.4) is 0 Å². The molecule has 32 heavy (non-hydrogen) atoms. The van der Waals surface area contributed by atoms with E-state index in [0.29, 0.717) is 24.7 Å². The zero-order valence-electron chi connectivity index (χ0n) is 19.8. The van der Waals surface area contributed by atoms with Crippen molar-refractivity contribution in [3.8, 4) is 22.8 Å². The highest BCUT2D eigenvalue weighted by Gasteiger charge is 2.34. The molecule has 0 amide bonds. The van der Waals surface area contributed by atoms with Crippen molar-refractivity contribution in [2.45, 2.75) is 46.6 Å². The van der Waals surface area contributed by atoms with Gasteiger partial charge in [-0.15, -0.1) is 0 Å². The summed E-state index contributed by atoms with van der Waals surface area (Å²) in [4.78, 5) is 25.2. The highest BCUT2D eigenvalue weighted by molar-refractivity contribution is 5.89. The second kappa shape index (κ2) is 9.77. The lowest BCUT2D eigenvalue weighted by atomic mass is 9.78. The molecule has 1 aliphatic rings. The lowest BCUT2D eigenvalue weighted by molar-refractivity contribution is 0.0523. The number of aromatic nitrogens is 1. The normalized spacial score (nSPS) is 15.0. The second-order valence-electron chi connectivity index (χ2n) is 9.01. The summed E-state index contributed by atoms with van der Waals surface area (Å²) in [6.07, 6.45) is 3.15. The van der Waals surface area contributed by atoms with E-state index in [1.54, 1.807) is 27.3 Å². The zero-order valence-corrected chi connectivity index (χ0v) is 19.8. The van der Waals surface area contributed by atoms with E-state index < -0.39 is 5.97 Å². The summed E-state index contributed by atoms with van der Waals surface area (Å²) in [5.74, 6) is 0.682. The second-order valence-corrected chi connectivity index (χ2v) is 9.01. The molecule has 0 fully saturated rings. The van der Waals surface area contributed by atoms with Gasteiger partial charge in [0.15, 0.2) is 16.9 Å². The third-order valence-electron chi connectivity index (χ3n) is 5.74. The first-order chi connectivity index (χ1) is 15.2. The molecule has 2 heterocycles. The average Bonchev–Trinajstić information content (AvgIpc) is 2.74. The number of ether oxygens (including phenoxy) is 4. The van der Waals surface area contributed by atoms with Crippen molar-refractivity contribution in [1.29, 1.82) is 0 Å². The number of methoxy groups -OCH3 is 2. The van der Waals surface area contributed by atoms with Crippen LogP contribution in [0.5, 0.6) is 11.5 Å². The number of pyridine rings is 1. The minimum atomic E-state index is -0.594. The molecule has 7 heteroatoms. The Hall–Kier alpha value is -2.80. The fraction of sp³-hybridized carbons (Fsp3) is 0.520. The van der Waals surface area contributed by atoms with Gasteiger partial charge in [0.25, 0.3) is 0 Å². The number of carbonyl (C=O) groups is 1. The summed E-state index contributed by atoms with van der Waals surface area (Å²) in [5.41, 5.74) is 2.32. The highest BCUT2D eigenvalue weighted by atomic mass is 16.5. The summed E-state index contributed by atoms with van der Waals surface area (Å²) in [6, 6.07) is 5.48. The molecule has 1 aromatic carbocycles. The van der Waals surface area contributed by atoms with Crippen molar-refractivity contribution in [3.63, 3.8) is 0 Å². The number of fused-ring (bicyclic) bond motifs is 3. The van der Waals surface area contributed by atoms with Crippen LogP contribution in [-0.4, -0.2) is 44.6 Å². The predicted octanol–water partition coefficient (Wildman–Crippen LogP) is 4.26. The zero-order chi connectivity index (χ0) is 23.5. The Balaban J connectivity index is 2.13. The van der Waals surface area contributed by atoms with Crippen LogP contribution in [0.25, 0.3) is 11.3 Å². The first-order valence-corrected chi connectivity index (χ1v) is 11.0. The highest BCUT2D eigenvalue weighted by Crippen LogP contribution is 2.45. The van der Waals surface area contributed by atoms with Crippen molar-refractivity contribution >= 4 is 5.97 Å². The molecule has 1 aliphatic heterocycles. The molecule has 0 bridgehead atoms. The Kier molecular flexibility index (Phi) is 7.29. The van der Waals surface area contributed by atoms with Gasteiger partial charge in [-0.2, -0.15) is 0 Å². The van der Waals surface area contributed by atoms with Gasteiger partial charge in [0.05, 0.1) is 26.0 Å². The predicted molar refractivity (Wildman–Crippen MR) is 123 cm³/mol. The Morgan fingerprint density at radius 2 is 1.88 bits per heavy atom. The Bertz CT molecular complexity index is 1030. The quantitative estimate of drug-likeness (QED) is 0.448. The average molecular weight is 444 g/mol. The Labute approximate surface area is 189 Å². The van der Waals surface area contributed by atoms with Crippen LogP contribution in [0, 0.1) is 5.41 Å². The van der Waals surface area contributed by atoms with E-state index in [1.807, 2.05) is 16.7 Å². The largest absolute Gasteiger partial charge is 0.493 e. The number of hydrogen-bond acceptors (Lipinski definition) is 6. The maximum atomic E-state index is 12.8. The number of carbonyl (C=O) groups excluding carboxylic acids is 1. The van der Waals surface area contributed by atoms with E-state index >= 15 is 0 Å². The van der Waals surface area contributed by atoms with E-state index in [0.717, 1.165) is 29.7 Å². The first-order valence-electron chi connectivity index (χ1n) is 11.0. The van der Waals surface area contributed by atoms with Gasteiger partial charge in [-0.05, 0) is 36.5 Å². The van der Waals surface area contributed by atoms with Gasteiger partial charge in [0.1, 0.15) is 5.56 Å². The van der Waals surface area contributed by atoms with Gasteiger partial charge in [0.2, 0.25) is 0 Å². The number of hydrogen-bond donors (Lipinski definition) is 0. The van der Waals surface area contributed by atoms with E-state index in [2.05, 4.69) is 20.8 Å². The van der Waals surface area contributed by atoms with Gasteiger partial charge in [-0.1, -0.05) is 20.8 Å². The maximum absolute atomic E-state index is 12.8. The first kappa shape index (κ1) is 23.9. The lowest BCUT2D eigenvalue weighted by Gasteiger charge is -2.39. The molecule has 0 saturated heterocycles. The SMILES string of the molecule is CCOC(=O)c1cn2c(cc1=O)-c1cc(OC)c(OCCCOC)cc1CC2C(C)(C)C. The van der Waals surface area contributed by atoms with Crippen LogP contribution in [0.2, 0.25) is 0 Å². The molecule has 7 nitrogen and oxygen atoms in total. The van der Waals surface area contributed by atoms with Crippen molar-refractivity contribution in [2.24, 2.45) is 5.41 Å². The van der Waals surface area contributed by atoms with Crippen molar-refractivity contribution in [1.82, 2.24) is 4.57 Å². The molecule has 1 atom stereocenters. The fourth-order valence-electron chi connectivity index (χ4n) is 4.08. The molecule has 0 radical (unpaired) electrons. The number of benzene rings is 1. The molecular formula is C25H33NO6. The van der Waals surface area contributed by atoms with E-state index in [1.165, 1.54) is 6.07 Å². The fourth-order valence-corrected chi connectivity index (χ4v) is 4.08. The van der Waals surface area contributed by atoms with Crippen molar-refractivity contribution < 1.29 is 23.7 Å². The summed E-state index contributed by atoms with van der Waals surface area (Å²) in [7, 11) is 3.26. The third-order valence-corrected chi connectivity index (χ3v) is 5.74. The van der Waals surface area contributed by atoms with E-state index in [9.17, 15) is 9.59 Å².